The van der Waals surface area contributed by atoms with Crippen LogP contribution in [0.5, 0.6) is 0 Å². The number of rotatable bonds is 2. The number of nitrogens with one attached hydrogen (secondary N) is 2. The molecule has 1 aromatic rings. The van der Waals surface area contributed by atoms with E-state index in [1.165, 1.54) is 12.3 Å². The average Bonchev–Trinajstić information content (AvgIpc) is 2.03. The molecule has 0 aliphatic rings. The van der Waals surface area contributed by atoms with Crippen LogP contribution in [0.4, 0.5) is 0 Å². The van der Waals surface area contributed by atoms with Crippen molar-refractivity contribution in [1.82, 2.24) is 15.5 Å². The largest absolute Gasteiger partial charge is 0.350 e. The van der Waals surface area contributed by atoms with Crippen molar-refractivity contribution in [3.63, 3.8) is 0 Å². The third kappa shape index (κ3) is 2.40. The standard InChI is InChI=1S/C8H11N3O2/c1-5(2)10-7(12)6-3-4-9-11-8(6)13/h3-5H,1-2H3,(H,10,12)(H,11,13). The van der Waals surface area contributed by atoms with Crippen molar-refractivity contribution in [2.75, 3.05) is 0 Å². The lowest BCUT2D eigenvalue weighted by Gasteiger charge is -2.06. The van der Waals surface area contributed by atoms with E-state index in [1.807, 2.05) is 13.8 Å². The Labute approximate surface area is 75.2 Å². The SMILES string of the molecule is CC(C)NC(=O)c1ccn[nH]c1=O. The highest BCUT2D eigenvalue weighted by Gasteiger charge is 2.09. The maximum absolute atomic E-state index is 11.3. The number of H-pyrrole nitrogens is 1. The number of aromatic nitrogens is 2. The summed E-state index contributed by atoms with van der Waals surface area (Å²) in [6.45, 7) is 3.65. The first-order valence-corrected chi connectivity index (χ1v) is 3.96. The minimum atomic E-state index is -0.472. The Morgan fingerprint density at radius 3 is 2.85 bits per heavy atom. The van der Waals surface area contributed by atoms with E-state index >= 15 is 0 Å². The molecule has 0 unspecified atom stereocenters. The van der Waals surface area contributed by atoms with Crippen LogP contribution in [0.25, 0.3) is 0 Å². The lowest BCUT2D eigenvalue weighted by Crippen LogP contribution is -2.34. The van der Waals surface area contributed by atoms with Crippen molar-refractivity contribution in [2.24, 2.45) is 0 Å². The third-order valence-electron chi connectivity index (χ3n) is 1.39. The lowest BCUT2D eigenvalue weighted by atomic mass is 10.2. The summed E-state index contributed by atoms with van der Waals surface area (Å²) in [4.78, 5) is 22.4. The fraction of sp³-hybridized carbons (Fsp3) is 0.375. The van der Waals surface area contributed by atoms with Gasteiger partial charge in [-0.05, 0) is 19.9 Å². The average molecular weight is 181 g/mol. The molecular formula is C8H11N3O2. The fourth-order valence-corrected chi connectivity index (χ4v) is 0.862. The number of amides is 1. The number of nitrogens with zero attached hydrogens (tertiary/aromatic N) is 1. The van der Waals surface area contributed by atoms with Gasteiger partial charge in [0.2, 0.25) is 0 Å². The Bertz CT molecular complexity index is 356. The lowest BCUT2D eigenvalue weighted by molar-refractivity contribution is 0.0941. The van der Waals surface area contributed by atoms with Crippen LogP contribution < -0.4 is 10.9 Å². The molecule has 1 aromatic heterocycles. The predicted molar refractivity (Wildman–Crippen MR) is 47.5 cm³/mol. The molecule has 70 valence electrons. The molecule has 0 saturated heterocycles. The maximum Gasteiger partial charge on any atom is 0.277 e. The fourth-order valence-electron chi connectivity index (χ4n) is 0.862. The molecule has 13 heavy (non-hydrogen) atoms. The predicted octanol–water partition coefficient (Wildman–Crippen LogP) is -0.0919. The summed E-state index contributed by atoms with van der Waals surface area (Å²) >= 11 is 0. The van der Waals surface area contributed by atoms with Crippen molar-refractivity contribution < 1.29 is 4.79 Å². The van der Waals surface area contributed by atoms with Crippen LogP contribution in [0.3, 0.4) is 0 Å². The van der Waals surface area contributed by atoms with Gasteiger partial charge in [-0.15, -0.1) is 0 Å². The second kappa shape index (κ2) is 3.84. The Morgan fingerprint density at radius 1 is 1.62 bits per heavy atom. The van der Waals surface area contributed by atoms with Gasteiger partial charge < -0.3 is 5.32 Å². The van der Waals surface area contributed by atoms with Crippen LogP contribution in [0, 0.1) is 0 Å². The van der Waals surface area contributed by atoms with Gasteiger partial charge in [0.05, 0.1) is 0 Å². The minimum absolute atomic E-state index is 0.0139. The molecule has 0 aliphatic carbocycles. The molecule has 1 heterocycles. The molecule has 1 amide bonds. The van der Waals surface area contributed by atoms with Gasteiger partial charge in [-0.25, -0.2) is 5.10 Å². The molecule has 5 nitrogen and oxygen atoms in total. The molecule has 0 saturated carbocycles. The van der Waals surface area contributed by atoms with E-state index in [0.717, 1.165) is 0 Å². The van der Waals surface area contributed by atoms with Crippen LogP contribution in [0.1, 0.15) is 24.2 Å². The molecule has 0 fully saturated rings. The van der Waals surface area contributed by atoms with E-state index < -0.39 is 5.56 Å². The van der Waals surface area contributed by atoms with Gasteiger partial charge in [0.1, 0.15) is 5.56 Å². The Kier molecular flexibility index (Phi) is 2.79. The van der Waals surface area contributed by atoms with Gasteiger partial charge in [-0.1, -0.05) is 0 Å². The first-order chi connectivity index (χ1) is 6.11. The van der Waals surface area contributed by atoms with E-state index in [0.29, 0.717) is 0 Å². The normalized spacial score (nSPS) is 10.1. The molecule has 5 heteroatoms. The van der Waals surface area contributed by atoms with Crippen molar-refractivity contribution in [3.05, 3.63) is 28.2 Å². The zero-order valence-electron chi connectivity index (χ0n) is 7.50. The molecular weight excluding hydrogens is 170 g/mol. The summed E-state index contributed by atoms with van der Waals surface area (Å²) in [6.07, 6.45) is 1.37. The number of aromatic amines is 1. The second-order valence-corrected chi connectivity index (χ2v) is 2.93. The highest BCUT2D eigenvalue weighted by Crippen LogP contribution is 1.88. The van der Waals surface area contributed by atoms with E-state index in [9.17, 15) is 9.59 Å². The molecule has 2 N–H and O–H groups in total. The van der Waals surface area contributed by atoms with Crippen molar-refractivity contribution in [1.29, 1.82) is 0 Å². The van der Waals surface area contributed by atoms with Gasteiger partial charge in [-0.2, -0.15) is 5.10 Å². The van der Waals surface area contributed by atoms with Crippen LogP contribution in [0.2, 0.25) is 0 Å². The van der Waals surface area contributed by atoms with Crippen molar-refractivity contribution >= 4 is 5.91 Å². The summed E-state index contributed by atoms with van der Waals surface area (Å²) in [5.41, 5.74) is -0.385. The van der Waals surface area contributed by atoms with E-state index in [-0.39, 0.29) is 17.5 Å². The molecule has 0 radical (unpaired) electrons. The summed E-state index contributed by atoms with van der Waals surface area (Å²) < 4.78 is 0. The monoisotopic (exact) mass is 181 g/mol. The Morgan fingerprint density at radius 2 is 2.31 bits per heavy atom. The molecule has 0 spiro atoms. The number of hydrogen-bond acceptors (Lipinski definition) is 3. The molecule has 0 aromatic carbocycles. The van der Waals surface area contributed by atoms with Gasteiger partial charge in [0.15, 0.2) is 0 Å². The van der Waals surface area contributed by atoms with Crippen LogP contribution >= 0.6 is 0 Å². The third-order valence-corrected chi connectivity index (χ3v) is 1.39. The van der Waals surface area contributed by atoms with E-state index in [4.69, 9.17) is 0 Å². The summed E-state index contributed by atoms with van der Waals surface area (Å²) in [7, 11) is 0. The van der Waals surface area contributed by atoms with Crippen LogP contribution in [-0.4, -0.2) is 22.1 Å². The highest BCUT2D eigenvalue weighted by molar-refractivity contribution is 5.93. The summed E-state index contributed by atoms with van der Waals surface area (Å²) in [5.74, 6) is -0.376. The number of carbonyl (C=O) groups is 1. The first kappa shape index (κ1) is 9.44. The molecule has 1 rings (SSSR count). The van der Waals surface area contributed by atoms with Crippen molar-refractivity contribution in [2.45, 2.75) is 19.9 Å². The summed E-state index contributed by atoms with van der Waals surface area (Å²) in [6, 6.07) is 1.40. The Balaban J connectivity index is 2.90. The zero-order valence-corrected chi connectivity index (χ0v) is 7.50. The van der Waals surface area contributed by atoms with Gasteiger partial charge in [0, 0.05) is 12.2 Å². The number of hydrogen-bond donors (Lipinski definition) is 2. The molecule has 0 atom stereocenters. The van der Waals surface area contributed by atoms with Crippen LogP contribution in [0.15, 0.2) is 17.1 Å². The quantitative estimate of drug-likeness (QED) is 0.669. The molecule has 0 bridgehead atoms. The van der Waals surface area contributed by atoms with Crippen molar-refractivity contribution in [3.8, 4) is 0 Å². The maximum atomic E-state index is 11.3. The number of carbonyl (C=O) groups excluding carboxylic acids is 1. The zero-order chi connectivity index (χ0) is 9.84. The Hall–Kier alpha value is -1.65. The van der Waals surface area contributed by atoms with E-state index in [1.54, 1.807) is 0 Å². The van der Waals surface area contributed by atoms with Gasteiger partial charge in [0.25, 0.3) is 11.5 Å². The first-order valence-electron chi connectivity index (χ1n) is 3.96. The summed E-state index contributed by atoms with van der Waals surface area (Å²) in [5, 5.41) is 8.29. The van der Waals surface area contributed by atoms with Gasteiger partial charge >= 0.3 is 0 Å². The molecule has 0 aliphatic heterocycles. The topological polar surface area (TPSA) is 74.8 Å². The second-order valence-electron chi connectivity index (χ2n) is 2.93. The van der Waals surface area contributed by atoms with Crippen LogP contribution in [-0.2, 0) is 0 Å². The smallest absolute Gasteiger partial charge is 0.277 e. The minimum Gasteiger partial charge on any atom is -0.350 e. The van der Waals surface area contributed by atoms with E-state index in [2.05, 4.69) is 15.5 Å². The van der Waals surface area contributed by atoms with Gasteiger partial charge in [-0.3, -0.25) is 9.59 Å². The highest BCUT2D eigenvalue weighted by atomic mass is 16.2.